The summed E-state index contributed by atoms with van der Waals surface area (Å²) in [7, 11) is 0. The molecule has 4 N–H and O–H groups in total. The highest BCUT2D eigenvalue weighted by Gasteiger charge is 2.08. The van der Waals surface area contributed by atoms with Crippen LogP contribution in [0.4, 0.5) is 0 Å². The van der Waals surface area contributed by atoms with Crippen molar-refractivity contribution in [1.82, 2.24) is 0 Å². The Morgan fingerprint density at radius 2 is 1.27 bits per heavy atom. The monoisotopic (exact) mass is 152 g/mol. The van der Waals surface area contributed by atoms with E-state index < -0.39 is 11.8 Å². The predicted octanol–water partition coefficient (Wildman–Crippen LogP) is -0.849. The van der Waals surface area contributed by atoms with E-state index in [9.17, 15) is 9.59 Å². The Morgan fingerprint density at radius 1 is 1.00 bits per heavy atom. The quantitative estimate of drug-likeness (QED) is 0.514. The fourth-order valence-corrected chi connectivity index (χ4v) is 0.305. The summed E-state index contributed by atoms with van der Waals surface area (Å²) < 4.78 is 0. The van der Waals surface area contributed by atoms with E-state index in [2.05, 4.69) is 19.6 Å². The maximum absolute atomic E-state index is 10.3. The van der Waals surface area contributed by atoms with Gasteiger partial charge in [0, 0.05) is 11.1 Å². The van der Waals surface area contributed by atoms with Gasteiger partial charge in [0.2, 0.25) is 11.8 Å². The van der Waals surface area contributed by atoms with Gasteiger partial charge in [-0.25, -0.2) is 0 Å². The average Bonchev–Trinajstić information content (AvgIpc) is 1.87. The second kappa shape index (κ2) is 3.55. The van der Waals surface area contributed by atoms with Crippen LogP contribution in [0, 0.1) is 6.42 Å². The van der Waals surface area contributed by atoms with Crippen LogP contribution in [-0.2, 0) is 9.59 Å². The number of amides is 2. The van der Waals surface area contributed by atoms with Crippen LogP contribution in [0.1, 0.15) is 0 Å². The number of primary amides is 2. The Labute approximate surface area is 64.6 Å². The first-order valence-corrected chi connectivity index (χ1v) is 2.69. The maximum Gasteiger partial charge on any atom is 0.245 e. The lowest BCUT2D eigenvalue weighted by Gasteiger charge is -1.98. The Morgan fingerprint density at radius 3 is 1.45 bits per heavy atom. The molecule has 0 unspecified atom stereocenters. The van der Waals surface area contributed by atoms with Crippen molar-refractivity contribution in [3.63, 3.8) is 0 Å². The first-order valence-electron chi connectivity index (χ1n) is 2.69. The van der Waals surface area contributed by atoms with E-state index in [1.807, 2.05) is 0 Å². The lowest BCUT2D eigenvalue weighted by atomic mass is 10.1. The van der Waals surface area contributed by atoms with Gasteiger partial charge in [-0.15, -0.1) is 0 Å². The number of hydrogen-bond donors (Lipinski definition) is 2. The van der Waals surface area contributed by atoms with Crippen LogP contribution in [0.2, 0.25) is 0 Å². The van der Waals surface area contributed by atoms with Gasteiger partial charge in [0.1, 0.15) is 0 Å². The minimum absolute atomic E-state index is 0.117. The zero-order chi connectivity index (χ0) is 9.02. The van der Waals surface area contributed by atoms with Crippen LogP contribution >= 0.6 is 0 Å². The first kappa shape index (κ1) is 9.42. The molecule has 58 valence electrons. The second-order valence-electron chi connectivity index (χ2n) is 1.81. The van der Waals surface area contributed by atoms with Gasteiger partial charge in [-0.1, -0.05) is 13.2 Å². The summed E-state index contributed by atoms with van der Waals surface area (Å²) in [6, 6.07) is 0. The molecule has 0 fully saturated rings. The summed E-state index contributed by atoms with van der Waals surface area (Å²) in [4.78, 5) is 20.6. The smallest absolute Gasteiger partial charge is 0.245 e. The van der Waals surface area contributed by atoms with Gasteiger partial charge in [-0.3, -0.25) is 9.59 Å². The molecule has 0 atom stereocenters. The van der Waals surface area contributed by atoms with Crippen LogP contribution in [0.15, 0.2) is 24.3 Å². The highest BCUT2D eigenvalue weighted by atomic mass is 16.1. The fourth-order valence-electron chi connectivity index (χ4n) is 0.305. The molecule has 4 nitrogen and oxygen atoms in total. The summed E-state index contributed by atoms with van der Waals surface area (Å²) >= 11 is 0. The third kappa shape index (κ3) is 3.20. The van der Waals surface area contributed by atoms with Gasteiger partial charge in [0.05, 0.1) is 6.42 Å². The molecule has 0 bridgehead atoms. The Balaban J connectivity index is 4.07. The van der Waals surface area contributed by atoms with E-state index in [-0.39, 0.29) is 11.1 Å². The molecule has 0 rings (SSSR count). The van der Waals surface area contributed by atoms with Crippen molar-refractivity contribution in [2.24, 2.45) is 11.5 Å². The van der Waals surface area contributed by atoms with E-state index in [1.54, 1.807) is 0 Å². The maximum atomic E-state index is 10.3. The van der Waals surface area contributed by atoms with Gasteiger partial charge in [-0.2, -0.15) is 0 Å². The van der Waals surface area contributed by atoms with Crippen LogP contribution in [0.5, 0.6) is 0 Å². The highest BCUT2D eigenvalue weighted by molar-refractivity contribution is 6.00. The predicted molar refractivity (Wildman–Crippen MR) is 39.9 cm³/mol. The summed E-state index contributed by atoms with van der Waals surface area (Å²) in [6.07, 6.45) is 2.24. The lowest BCUT2D eigenvalue weighted by molar-refractivity contribution is -0.114. The molecule has 0 saturated heterocycles. The fraction of sp³-hybridized carbons (Fsp3) is 0. The van der Waals surface area contributed by atoms with Crippen molar-refractivity contribution in [3.05, 3.63) is 30.7 Å². The van der Waals surface area contributed by atoms with E-state index in [0.29, 0.717) is 0 Å². The molecule has 0 aromatic heterocycles. The molecule has 4 heteroatoms. The molecule has 2 amide bonds. The van der Waals surface area contributed by atoms with E-state index in [4.69, 9.17) is 11.5 Å². The third-order valence-corrected chi connectivity index (χ3v) is 0.897. The Hall–Kier alpha value is -1.58. The zero-order valence-electron chi connectivity index (χ0n) is 5.89. The summed E-state index contributed by atoms with van der Waals surface area (Å²) in [5.74, 6) is -1.51. The van der Waals surface area contributed by atoms with E-state index in [1.165, 1.54) is 0 Å². The molecule has 11 heavy (non-hydrogen) atoms. The van der Waals surface area contributed by atoms with Crippen LogP contribution in [-0.4, -0.2) is 11.8 Å². The van der Waals surface area contributed by atoms with Crippen molar-refractivity contribution in [2.75, 3.05) is 0 Å². The number of nitrogens with two attached hydrogens (primary N) is 2. The summed E-state index contributed by atoms with van der Waals surface area (Å²) in [5.41, 5.74) is 9.35. The van der Waals surface area contributed by atoms with Gasteiger partial charge < -0.3 is 11.5 Å². The Kier molecular flexibility index (Phi) is 3.04. The minimum Gasteiger partial charge on any atom is -0.366 e. The van der Waals surface area contributed by atoms with Gasteiger partial charge >= 0.3 is 0 Å². The average molecular weight is 152 g/mol. The highest BCUT2D eigenvalue weighted by Crippen LogP contribution is 2.03. The standard InChI is InChI=1S/C7H8N2O2/c1-4(6(8)10)3-5(2)7(9)11/h1-2H2,(H2,8,10)(H2,9,11). The van der Waals surface area contributed by atoms with Crippen LogP contribution in [0.25, 0.3) is 0 Å². The molecule has 0 aliphatic carbocycles. The summed E-state index contributed by atoms with van der Waals surface area (Å²) in [6.45, 7) is 6.44. The summed E-state index contributed by atoms with van der Waals surface area (Å²) in [5, 5.41) is 0. The van der Waals surface area contributed by atoms with Crippen LogP contribution in [0.3, 0.4) is 0 Å². The number of hydrogen-bond acceptors (Lipinski definition) is 2. The van der Waals surface area contributed by atoms with Gasteiger partial charge in [0.25, 0.3) is 0 Å². The van der Waals surface area contributed by atoms with Crippen molar-refractivity contribution < 1.29 is 9.59 Å². The largest absolute Gasteiger partial charge is 0.366 e. The van der Waals surface area contributed by atoms with Gasteiger partial charge in [-0.05, 0) is 0 Å². The number of rotatable bonds is 4. The van der Waals surface area contributed by atoms with Crippen LogP contribution < -0.4 is 11.5 Å². The number of carbonyl (C=O) groups excluding carboxylic acids is 2. The molecule has 0 aliphatic rings. The Bertz CT molecular complexity index is 207. The van der Waals surface area contributed by atoms with E-state index in [0.717, 1.165) is 0 Å². The zero-order valence-corrected chi connectivity index (χ0v) is 5.89. The first-order chi connectivity index (χ1) is 4.95. The number of carbonyl (C=O) groups is 2. The molecule has 0 saturated carbocycles. The van der Waals surface area contributed by atoms with E-state index >= 15 is 0 Å². The van der Waals surface area contributed by atoms with Crippen molar-refractivity contribution in [2.45, 2.75) is 0 Å². The van der Waals surface area contributed by atoms with Gasteiger partial charge in [0.15, 0.2) is 0 Å². The third-order valence-electron chi connectivity index (χ3n) is 0.897. The molecule has 0 spiro atoms. The SMILES string of the molecule is C=C([C]C(=C)C(N)=O)C(N)=O. The molecule has 0 aromatic rings. The van der Waals surface area contributed by atoms with Crippen molar-refractivity contribution >= 4 is 11.8 Å². The molecule has 0 heterocycles. The molecule has 2 radical (unpaired) electrons. The molecule has 0 aliphatic heterocycles. The second-order valence-corrected chi connectivity index (χ2v) is 1.81. The molecule has 0 aromatic carbocycles. The topological polar surface area (TPSA) is 86.2 Å². The lowest BCUT2D eigenvalue weighted by Crippen LogP contribution is -2.18. The molecular formula is C7H8N2O2. The van der Waals surface area contributed by atoms with Crippen molar-refractivity contribution in [3.8, 4) is 0 Å². The normalized spacial score (nSPS) is 8.73. The molecular weight excluding hydrogens is 144 g/mol. The minimum atomic E-state index is -0.757. The van der Waals surface area contributed by atoms with Crippen molar-refractivity contribution in [1.29, 1.82) is 0 Å².